The number of piperidine rings is 1. The molecule has 3 heterocycles. The van der Waals surface area contributed by atoms with Crippen molar-refractivity contribution in [1.82, 2.24) is 14.8 Å². The Morgan fingerprint density at radius 1 is 1.03 bits per heavy atom. The van der Waals surface area contributed by atoms with Gasteiger partial charge in [0, 0.05) is 32.0 Å². The van der Waals surface area contributed by atoms with Crippen molar-refractivity contribution in [2.45, 2.75) is 38.0 Å². The summed E-state index contributed by atoms with van der Waals surface area (Å²) in [7, 11) is 0. The molecular formula is C23H25N3O3S. The molecule has 6 nitrogen and oxygen atoms in total. The summed E-state index contributed by atoms with van der Waals surface area (Å²) < 4.78 is 1.21. The molecule has 0 saturated carbocycles. The zero-order valence-electron chi connectivity index (χ0n) is 16.8. The quantitative estimate of drug-likeness (QED) is 0.559. The van der Waals surface area contributed by atoms with Crippen molar-refractivity contribution in [3.8, 4) is 0 Å². The van der Waals surface area contributed by atoms with Gasteiger partial charge >= 0.3 is 0 Å². The van der Waals surface area contributed by atoms with E-state index in [9.17, 15) is 14.4 Å². The molecule has 30 heavy (non-hydrogen) atoms. The van der Waals surface area contributed by atoms with E-state index in [4.69, 9.17) is 4.98 Å². The van der Waals surface area contributed by atoms with Gasteiger partial charge in [0.05, 0.1) is 27.1 Å². The van der Waals surface area contributed by atoms with Crippen molar-refractivity contribution in [1.29, 1.82) is 0 Å². The second-order valence-corrected chi connectivity index (χ2v) is 9.47. The van der Waals surface area contributed by atoms with Crippen LogP contribution < -0.4 is 0 Å². The fourth-order valence-electron chi connectivity index (χ4n) is 4.90. The lowest BCUT2D eigenvalue weighted by molar-refractivity contribution is -0.141. The fourth-order valence-corrected chi connectivity index (χ4v) is 6.03. The van der Waals surface area contributed by atoms with E-state index in [1.54, 1.807) is 11.3 Å². The molecule has 0 spiro atoms. The average Bonchev–Trinajstić information content (AvgIpc) is 3.32. The number of imide groups is 1. The van der Waals surface area contributed by atoms with E-state index in [-0.39, 0.29) is 42.5 Å². The molecule has 0 unspecified atom stereocenters. The predicted octanol–water partition coefficient (Wildman–Crippen LogP) is 3.34. The molecule has 1 aromatic heterocycles. The molecule has 0 bridgehead atoms. The van der Waals surface area contributed by atoms with Gasteiger partial charge in [-0.05, 0) is 37.8 Å². The van der Waals surface area contributed by atoms with Crippen LogP contribution in [0.25, 0.3) is 10.2 Å². The lowest BCUT2D eigenvalue weighted by Crippen LogP contribution is -2.40. The topological polar surface area (TPSA) is 70.6 Å². The van der Waals surface area contributed by atoms with Crippen LogP contribution in [0.3, 0.4) is 0 Å². The molecule has 3 amide bonds. The van der Waals surface area contributed by atoms with Gasteiger partial charge in [-0.1, -0.05) is 24.3 Å². The number of allylic oxidation sites excluding steroid dienone is 2. The van der Waals surface area contributed by atoms with E-state index < -0.39 is 0 Å². The van der Waals surface area contributed by atoms with Gasteiger partial charge in [-0.25, -0.2) is 4.98 Å². The summed E-state index contributed by atoms with van der Waals surface area (Å²) in [6.07, 6.45) is 7.27. The lowest BCUT2D eigenvalue weighted by Gasteiger charge is -2.31. The Morgan fingerprint density at radius 2 is 1.70 bits per heavy atom. The highest BCUT2D eigenvalue weighted by Gasteiger charge is 2.47. The SMILES string of the molecule is O=C(CCN1C(=O)[C@H]2CC=CC[C@H]2C1=O)N1CCC(c2nc3ccccc3s2)CC1. The summed E-state index contributed by atoms with van der Waals surface area (Å²) in [5.41, 5.74) is 1.05. The van der Waals surface area contributed by atoms with Crippen molar-refractivity contribution >= 4 is 39.3 Å². The molecule has 3 aliphatic rings. The number of fused-ring (bicyclic) bond motifs is 2. The van der Waals surface area contributed by atoms with Crippen molar-refractivity contribution < 1.29 is 14.4 Å². The molecule has 156 valence electrons. The Morgan fingerprint density at radius 3 is 2.37 bits per heavy atom. The molecule has 2 fully saturated rings. The van der Waals surface area contributed by atoms with Gasteiger partial charge in [-0.3, -0.25) is 19.3 Å². The zero-order chi connectivity index (χ0) is 20.7. The highest BCUT2D eigenvalue weighted by Crippen LogP contribution is 2.36. The Hall–Kier alpha value is -2.54. The largest absolute Gasteiger partial charge is 0.343 e. The Balaban J connectivity index is 1.15. The molecule has 2 aliphatic heterocycles. The highest BCUT2D eigenvalue weighted by molar-refractivity contribution is 7.18. The summed E-state index contributed by atoms with van der Waals surface area (Å²) >= 11 is 1.75. The van der Waals surface area contributed by atoms with Crippen LogP contribution in [0.15, 0.2) is 36.4 Å². The third-order valence-corrected chi connectivity index (χ3v) is 7.85. The van der Waals surface area contributed by atoms with Crippen LogP contribution in [0, 0.1) is 11.8 Å². The van der Waals surface area contributed by atoms with Crippen molar-refractivity contribution in [2.75, 3.05) is 19.6 Å². The second-order valence-electron chi connectivity index (χ2n) is 8.41. The third-order valence-electron chi connectivity index (χ3n) is 6.66. The van der Waals surface area contributed by atoms with Gasteiger partial charge in [0.25, 0.3) is 0 Å². The number of aromatic nitrogens is 1. The van der Waals surface area contributed by atoms with Crippen LogP contribution >= 0.6 is 11.3 Å². The van der Waals surface area contributed by atoms with Gasteiger partial charge in [-0.2, -0.15) is 0 Å². The van der Waals surface area contributed by atoms with E-state index in [0.717, 1.165) is 23.4 Å². The first-order chi connectivity index (χ1) is 14.6. The molecule has 2 atom stereocenters. The lowest BCUT2D eigenvalue weighted by atomic mass is 9.85. The zero-order valence-corrected chi connectivity index (χ0v) is 17.6. The standard InChI is InChI=1S/C23H25N3O3S/c27-20(11-14-26-22(28)16-5-1-2-6-17(16)23(26)29)25-12-9-15(10-13-25)21-24-18-7-3-4-8-19(18)30-21/h1-4,7-8,15-17H,5-6,9-14H2/t16-,17+. The average molecular weight is 424 g/mol. The van der Waals surface area contributed by atoms with Gasteiger partial charge in [-0.15, -0.1) is 11.3 Å². The number of hydrogen-bond donors (Lipinski definition) is 0. The van der Waals surface area contributed by atoms with Crippen LogP contribution in [-0.4, -0.2) is 52.1 Å². The molecule has 0 N–H and O–H groups in total. The normalized spacial score (nSPS) is 24.7. The van der Waals surface area contributed by atoms with E-state index in [2.05, 4.69) is 6.07 Å². The van der Waals surface area contributed by atoms with Crippen LogP contribution in [0.4, 0.5) is 0 Å². The maximum absolute atomic E-state index is 12.7. The summed E-state index contributed by atoms with van der Waals surface area (Å²) in [5, 5.41) is 1.16. The number of thiazole rings is 1. The molecular weight excluding hydrogens is 398 g/mol. The van der Waals surface area contributed by atoms with Crippen LogP contribution in [-0.2, 0) is 14.4 Å². The van der Waals surface area contributed by atoms with E-state index in [1.165, 1.54) is 9.60 Å². The molecule has 7 heteroatoms. The number of likely N-dealkylation sites (tertiary alicyclic amines) is 2. The molecule has 2 aromatic rings. The Bertz CT molecular complexity index is 963. The number of nitrogens with zero attached hydrogens (tertiary/aromatic N) is 3. The molecule has 5 rings (SSSR count). The number of hydrogen-bond acceptors (Lipinski definition) is 5. The number of rotatable bonds is 4. The molecule has 2 saturated heterocycles. The first-order valence-corrected chi connectivity index (χ1v) is 11.6. The molecule has 1 aromatic carbocycles. The summed E-state index contributed by atoms with van der Waals surface area (Å²) in [5.74, 6) is -0.215. The second kappa shape index (κ2) is 7.95. The van der Waals surface area contributed by atoms with E-state index >= 15 is 0 Å². The van der Waals surface area contributed by atoms with Crippen molar-refractivity contribution in [3.63, 3.8) is 0 Å². The van der Waals surface area contributed by atoms with Gasteiger partial charge in [0.15, 0.2) is 0 Å². The first-order valence-electron chi connectivity index (χ1n) is 10.8. The Kier molecular flexibility index (Phi) is 5.15. The van der Waals surface area contributed by atoms with Gasteiger partial charge in [0.2, 0.25) is 17.7 Å². The minimum absolute atomic E-state index is 0.0337. The number of amides is 3. The monoisotopic (exact) mass is 423 g/mol. The summed E-state index contributed by atoms with van der Waals surface area (Å²) in [6, 6.07) is 8.19. The van der Waals surface area contributed by atoms with Crippen LogP contribution in [0.5, 0.6) is 0 Å². The maximum Gasteiger partial charge on any atom is 0.233 e. The first kappa shape index (κ1) is 19.4. The molecule has 1 aliphatic carbocycles. The smallest absolute Gasteiger partial charge is 0.233 e. The summed E-state index contributed by atoms with van der Waals surface area (Å²) in [6.45, 7) is 1.62. The van der Waals surface area contributed by atoms with Gasteiger partial charge < -0.3 is 4.90 Å². The maximum atomic E-state index is 12.7. The van der Waals surface area contributed by atoms with Crippen molar-refractivity contribution in [2.24, 2.45) is 11.8 Å². The third kappa shape index (κ3) is 3.45. The van der Waals surface area contributed by atoms with Crippen LogP contribution in [0.1, 0.15) is 43.0 Å². The van der Waals surface area contributed by atoms with Crippen LogP contribution in [0.2, 0.25) is 0 Å². The Labute approximate surface area is 179 Å². The van der Waals surface area contributed by atoms with E-state index in [1.807, 2.05) is 35.3 Å². The number of carbonyl (C=O) groups excluding carboxylic acids is 3. The van der Waals surface area contributed by atoms with Gasteiger partial charge in [0.1, 0.15) is 0 Å². The highest BCUT2D eigenvalue weighted by atomic mass is 32.1. The van der Waals surface area contributed by atoms with E-state index in [0.29, 0.717) is 31.8 Å². The van der Waals surface area contributed by atoms with Crippen molar-refractivity contribution in [3.05, 3.63) is 41.4 Å². The summed E-state index contributed by atoms with van der Waals surface area (Å²) in [4.78, 5) is 45.8. The number of benzene rings is 1. The number of para-hydroxylation sites is 1. The molecule has 0 radical (unpaired) electrons. The predicted molar refractivity (Wildman–Crippen MR) is 115 cm³/mol. The fraction of sp³-hybridized carbons (Fsp3) is 0.478. The minimum Gasteiger partial charge on any atom is -0.343 e. The minimum atomic E-state index is -0.220. The number of carbonyl (C=O) groups is 3.